The van der Waals surface area contributed by atoms with Crippen LogP contribution in [-0.2, 0) is 14.3 Å². The van der Waals surface area contributed by atoms with Crippen LogP contribution in [0.25, 0.3) is 5.76 Å². The van der Waals surface area contributed by atoms with Crippen molar-refractivity contribution in [3.8, 4) is 11.5 Å². The van der Waals surface area contributed by atoms with E-state index in [1.807, 2.05) is 0 Å². The molecule has 1 saturated heterocycles. The van der Waals surface area contributed by atoms with Gasteiger partial charge in [0.15, 0.2) is 11.5 Å². The maximum atomic E-state index is 12.8. The first-order valence-electron chi connectivity index (χ1n) is 9.32. The van der Waals surface area contributed by atoms with Crippen LogP contribution < -0.4 is 9.47 Å². The third-order valence-corrected chi connectivity index (χ3v) is 4.92. The summed E-state index contributed by atoms with van der Waals surface area (Å²) in [7, 11) is 1.57. The first-order valence-corrected chi connectivity index (χ1v) is 9.32. The molecule has 152 valence electrons. The molecule has 1 aromatic heterocycles. The fourth-order valence-corrected chi connectivity index (χ4v) is 3.58. The Morgan fingerprint density at radius 3 is 2.72 bits per heavy atom. The first-order chi connectivity index (χ1) is 14.1. The van der Waals surface area contributed by atoms with E-state index in [1.165, 1.54) is 11.2 Å². The molecule has 2 aliphatic rings. The summed E-state index contributed by atoms with van der Waals surface area (Å²) in [4.78, 5) is 26.9. The van der Waals surface area contributed by atoms with E-state index in [0.717, 1.165) is 0 Å². The van der Waals surface area contributed by atoms with E-state index in [1.54, 1.807) is 37.4 Å². The van der Waals surface area contributed by atoms with E-state index >= 15 is 0 Å². The van der Waals surface area contributed by atoms with Crippen molar-refractivity contribution in [1.82, 2.24) is 4.90 Å². The van der Waals surface area contributed by atoms with Crippen molar-refractivity contribution in [2.24, 2.45) is 0 Å². The van der Waals surface area contributed by atoms with Gasteiger partial charge in [-0.2, -0.15) is 0 Å². The number of ether oxygens (including phenoxy) is 3. The maximum Gasteiger partial charge on any atom is 0.295 e. The number of carbonyl (C=O) groups is 2. The lowest BCUT2D eigenvalue weighted by molar-refractivity contribution is -0.140. The van der Waals surface area contributed by atoms with Crippen molar-refractivity contribution >= 4 is 17.4 Å². The molecule has 0 bridgehead atoms. The zero-order valence-electron chi connectivity index (χ0n) is 15.9. The van der Waals surface area contributed by atoms with Crippen molar-refractivity contribution < 1.29 is 33.3 Å². The largest absolute Gasteiger partial charge is 0.507 e. The summed E-state index contributed by atoms with van der Waals surface area (Å²) in [6, 6.07) is 7.43. The number of Topliss-reactive ketones (excluding diaryl/α,β-unsaturated/α-hetero) is 1. The molecule has 8 nitrogen and oxygen atoms in total. The van der Waals surface area contributed by atoms with E-state index in [-0.39, 0.29) is 11.3 Å². The lowest BCUT2D eigenvalue weighted by Crippen LogP contribution is -2.31. The average Bonchev–Trinajstić information content (AvgIpc) is 3.35. The van der Waals surface area contributed by atoms with Crippen LogP contribution in [0.2, 0.25) is 0 Å². The number of likely N-dealkylation sites (tertiary alicyclic amines) is 1. The molecule has 1 aromatic carbocycles. The average molecular weight is 399 g/mol. The van der Waals surface area contributed by atoms with E-state index in [0.29, 0.717) is 55.6 Å². The summed E-state index contributed by atoms with van der Waals surface area (Å²) in [5.74, 6) is -0.269. The number of ketones is 1. The van der Waals surface area contributed by atoms with E-state index in [2.05, 4.69) is 0 Å². The number of benzene rings is 1. The summed E-state index contributed by atoms with van der Waals surface area (Å²) < 4.78 is 21.6. The lowest BCUT2D eigenvalue weighted by Gasteiger charge is -2.23. The third kappa shape index (κ3) is 3.47. The highest BCUT2D eigenvalue weighted by molar-refractivity contribution is 6.46. The second kappa shape index (κ2) is 8.00. The number of hydrogen-bond donors (Lipinski definition) is 1. The van der Waals surface area contributed by atoms with E-state index in [9.17, 15) is 14.7 Å². The van der Waals surface area contributed by atoms with Crippen molar-refractivity contribution in [1.29, 1.82) is 0 Å². The van der Waals surface area contributed by atoms with Gasteiger partial charge in [-0.3, -0.25) is 9.59 Å². The summed E-state index contributed by atoms with van der Waals surface area (Å²) in [5.41, 5.74) is 0.347. The van der Waals surface area contributed by atoms with E-state index < -0.39 is 17.7 Å². The second-order valence-electron chi connectivity index (χ2n) is 6.71. The molecule has 29 heavy (non-hydrogen) atoms. The molecule has 1 atom stereocenters. The van der Waals surface area contributed by atoms with Gasteiger partial charge in [-0.25, -0.2) is 0 Å². The highest BCUT2D eigenvalue weighted by Crippen LogP contribution is 2.41. The van der Waals surface area contributed by atoms with Gasteiger partial charge in [-0.15, -0.1) is 0 Å². The minimum atomic E-state index is -0.810. The summed E-state index contributed by atoms with van der Waals surface area (Å²) in [5, 5.41) is 11.0. The van der Waals surface area contributed by atoms with Crippen molar-refractivity contribution in [3.63, 3.8) is 0 Å². The van der Waals surface area contributed by atoms with Crippen LogP contribution in [0.15, 0.2) is 46.6 Å². The minimum Gasteiger partial charge on any atom is -0.507 e. The van der Waals surface area contributed by atoms with Crippen molar-refractivity contribution in [2.45, 2.75) is 12.5 Å². The van der Waals surface area contributed by atoms with Crippen molar-refractivity contribution in [3.05, 3.63) is 53.5 Å². The van der Waals surface area contributed by atoms with Crippen LogP contribution in [0.1, 0.15) is 23.8 Å². The normalized spacial score (nSPS) is 20.3. The number of carbonyl (C=O) groups excluding carboxylic acids is 2. The van der Waals surface area contributed by atoms with Gasteiger partial charge in [0.25, 0.3) is 11.7 Å². The Labute approximate surface area is 167 Å². The number of nitrogens with zero attached hydrogens (tertiary/aromatic N) is 1. The summed E-state index contributed by atoms with van der Waals surface area (Å²) in [6.45, 7) is 1.58. The molecular weight excluding hydrogens is 378 g/mol. The zero-order valence-corrected chi connectivity index (χ0v) is 15.9. The lowest BCUT2D eigenvalue weighted by atomic mass is 9.99. The molecule has 0 saturated carbocycles. The quantitative estimate of drug-likeness (QED) is 0.345. The fraction of sp³-hybridized carbons (Fsp3) is 0.333. The third-order valence-electron chi connectivity index (χ3n) is 4.92. The molecule has 3 heterocycles. The molecule has 8 heteroatoms. The molecule has 2 aromatic rings. The Kier molecular flexibility index (Phi) is 5.26. The number of aliphatic hydroxyl groups is 1. The van der Waals surface area contributed by atoms with Gasteiger partial charge in [0.1, 0.15) is 30.8 Å². The first kappa shape index (κ1) is 19.1. The fourth-order valence-electron chi connectivity index (χ4n) is 3.58. The van der Waals surface area contributed by atoms with Gasteiger partial charge in [0.2, 0.25) is 0 Å². The number of furan rings is 1. The monoisotopic (exact) mass is 399 g/mol. The molecule has 1 amide bonds. The summed E-state index contributed by atoms with van der Waals surface area (Å²) >= 11 is 0. The SMILES string of the molecule is COCCCN1C(=O)C(=O)C(=C(O)c2ccc3c(c2)OCCO3)C1c1ccco1. The van der Waals surface area contributed by atoms with Gasteiger partial charge < -0.3 is 28.6 Å². The molecule has 1 N–H and O–H groups in total. The Hall–Kier alpha value is -3.26. The molecule has 0 spiro atoms. The van der Waals surface area contributed by atoms with Gasteiger partial charge in [-0.1, -0.05) is 0 Å². The van der Waals surface area contributed by atoms with Gasteiger partial charge in [-0.05, 0) is 36.8 Å². The van der Waals surface area contributed by atoms with Crippen LogP contribution in [0.3, 0.4) is 0 Å². The van der Waals surface area contributed by atoms with Gasteiger partial charge >= 0.3 is 0 Å². The Morgan fingerprint density at radius 1 is 1.21 bits per heavy atom. The molecular formula is C21H21NO7. The molecule has 0 aliphatic carbocycles. The molecule has 2 aliphatic heterocycles. The highest BCUT2D eigenvalue weighted by atomic mass is 16.6. The molecule has 4 rings (SSSR count). The topological polar surface area (TPSA) is 98.4 Å². The number of amides is 1. The molecule has 1 fully saturated rings. The predicted molar refractivity (Wildman–Crippen MR) is 102 cm³/mol. The molecule has 0 radical (unpaired) electrons. The van der Waals surface area contributed by atoms with Gasteiger partial charge in [0, 0.05) is 25.8 Å². The van der Waals surface area contributed by atoms with Crippen LogP contribution >= 0.6 is 0 Å². The highest BCUT2D eigenvalue weighted by Gasteiger charge is 2.47. The second-order valence-corrected chi connectivity index (χ2v) is 6.71. The number of hydrogen-bond acceptors (Lipinski definition) is 7. The minimum absolute atomic E-state index is 0.0148. The Balaban J connectivity index is 1.77. The maximum absolute atomic E-state index is 12.8. The molecule has 1 unspecified atom stereocenters. The number of fused-ring (bicyclic) bond motifs is 1. The van der Waals surface area contributed by atoms with Crippen LogP contribution in [0, 0.1) is 0 Å². The van der Waals surface area contributed by atoms with Crippen LogP contribution in [0.4, 0.5) is 0 Å². The Morgan fingerprint density at radius 2 is 2.00 bits per heavy atom. The predicted octanol–water partition coefficient (Wildman–Crippen LogP) is 2.51. The van der Waals surface area contributed by atoms with Crippen molar-refractivity contribution in [2.75, 3.05) is 33.5 Å². The number of aliphatic hydroxyl groups excluding tert-OH is 1. The van der Waals surface area contributed by atoms with Crippen LogP contribution in [-0.4, -0.2) is 55.2 Å². The zero-order chi connectivity index (χ0) is 20.4. The Bertz CT molecular complexity index is 948. The smallest absolute Gasteiger partial charge is 0.295 e. The number of rotatable bonds is 6. The standard InChI is InChI=1S/C21H21NO7/c1-26-8-3-7-22-18(15-4-2-9-27-15)17(20(24)21(22)25)19(23)13-5-6-14-16(12-13)29-11-10-28-14/h2,4-6,9,12,18,23H,3,7-8,10-11H2,1H3. The number of methoxy groups -OCH3 is 1. The van der Waals surface area contributed by atoms with Gasteiger partial charge in [0.05, 0.1) is 11.8 Å². The van der Waals surface area contributed by atoms with E-state index in [4.69, 9.17) is 18.6 Å². The van der Waals surface area contributed by atoms with Crippen LogP contribution in [0.5, 0.6) is 11.5 Å². The summed E-state index contributed by atoms with van der Waals surface area (Å²) in [6.07, 6.45) is 2.01.